The largest absolute Gasteiger partial charge is 0.491 e. The predicted octanol–water partition coefficient (Wildman–Crippen LogP) is 3.46. The third-order valence-corrected chi connectivity index (χ3v) is 2.43. The average molecular weight is 214 g/mol. The molecule has 0 saturated heterocycles. The van der Waals surface area contributed by atoms with Crippen molar-refractivity contribution < 1.29 is 4.74 Å². The topological polar surface area (TPSA) is 14.2 Å². The van der Waals surface area contributed by atoms with Gasteiger partial charge in [-0.1, -0.05) is 25.5 Å². The van der Waals surface area contributed by atoms with E-state index in [0.717, 1.165) is 30.9 Å². The summed E-state index contributed by atoms with van der Waals surface area (Å²) in [6.07, 6.45) is 7.33. The highest BCUT2D eigenvalue weighted by Crippen LogP contribution is 2.22. The normalized spacial score (nSPS) is 10.3. The van der Waals surface area contributed by atoms with Gasteiger partial charge in [0.05, 0.1) is 18.5 Å². The summed E-state index contributed by atoms with van der Waals surface area (Å²) in [5.74, 6) is 0.920. The Morgan fingerprint density at radius 1 is 1.25 bits per heavy atom. The molecule has 2 nitrogen and oxygen atoms in total. The lowest BCUT2D eigenvalue weighted by atomic mass is 10.3. The molecular weight excluding hydrogens is 198 g/mol. The van der Waals surface area contributed by atoms with Crippen molar-refractivity contribution in [2.75, 3.05) is 6.61 Å². The molecule has 16 heavy (non-hydrogen) atoms. The van der Waals surface area contributed by atoms with Crippen molar-refractivity contribution in [3.63, 3.8) is 0 Å². The van der Waals surface area contributed by atoms with Crippen LogP contribution < -0.4 is 4.74 Å². The molecule has 1 radical (unpaired) electrons. The Kier molecular flexibility index (Phi) is 3.65. The monoisotopic (exact) mass is 214 g/mol. The summed E-state index contributed by atoms with van der Waals surface area (Å²) in [5.41, 5.74) is 1.05. The molecule has 1 aromatic heterocycles. The van der Waals surface area contributed by atoms with Crippen LogP contribution in [-0.2, 0) is 0 Å². The van der Waals surface area contributed by atoms with Crippen molar-refractivity contribution in [2.24, 2.45) is 0 Å². The number of benzene rings is 1. The first-order chi connectivity index (χ1) is 7.92. The lowest BCUT2D eigenvalue weighted by molar-refractivity contribution is 0.308. The minimum atomic E-state index is 0.773. The Balaban J connectivity index is 2.18. The van der Waals surface area contributed by atoms with Crippen molar-refractivity contribution in [3.8, 4) is 11.4 Å². The molecule has 0 aliphatic rings. The van der Waals surface area contributed by atoms with Crippen LogP contribution in [0.25, 0.3) is 5.69 Å². The Bertz CT molecular complexity index is 420. The Labute approximate surface area is 96.5 Å². The van der Waals surface area contributed by atoms with Crippen LogP contribution in [-0.4, -0.2) is 11.2 Å². The van der Waals surface area contributed by atoms with Gasteiger partial charge < -0.3 is 9.30 Å². The van der Waals surface area contributed by atoms with Crippen LogP contribution in [0.1, 0.15) is 19.8 Å². The zero-order valence-corrected chi connectivity index (χ0v) is 9.52. The van der Waals surface area contributed by atoms with E-state index in [-0.39, 0.29) is 0 Å². The SMILES string of the molecule is CCCCOc1ccccc1-n1[c]ccc1. The van der Waals surface area contributed by atoms with Crippen molar-refractivity contribution in [1.82, 2.24) is 4.57 Å². The standard InChI is InChI=1S/C14H16NO/c1-2-3-12-16-14-9-5-4-8-13(14)15-10-6-7-11-15/h4-10H,2-3,12H2,1H3. The number of aromatic nitrogens is 1. The van der Waals surface area contributed by atoms with Crippen molar-refractivity contribution in [1.29, 1.82) is 0 Å². The fourth-order valence-corrected chi connectivity index (χ4v) is 1.55. The van der Waals surface area contributed by atoms with E-state index in [1.165, 1.54) is 0 Å². The second-order valence-electron chi connectivity index (χ2n) is 3.68. The lowest BCUT2D eigenvalue weighted by Gasteiger charge is -2.11. The highest BCUT2D eigenvalue weighted by Gasteiger charge is 2.03. The first-order valence-electron chi connectivity index (χ1n) is 5.69. The van der Waals surface area contributed by atoms with Gasteiger partial charge in [-0.05, 0) is 30.7 Å². The fraction of sp³-hybridized carbons (Fsp3) is 0.286. The predicted molar refractivity (Wildman–Crippen MR) is 65.0 cm³/mol. The molecule has 0 spiro atoms. The molecule has 2 rings (SSSR count). The van der Waals surface area contributed by atoms with Gasteiger partial charge in [0.15, 0.2) is 0 Å². The summed E-state index contributed by atoms with van der Waals surface area (Å²) in [6.45, 7) is 2.93. The maximum Gasteiger partial charge on any atom is 0.143 e. The van der Waals surface area contributed by atoms with E-state index in [4.69, 9.17) is 4.74 Å². The summed E-state index contributed by atoms with van der Waals surface area (Å²) >= 11 is 0. The molecular formula is C14H16NO. The number of nitrogens with zero attached hydrogens (tertiary/aromatic N) is 1. The van der Waals surface area contributed by atoms with Gasteiger partial charge in [-0.25, -0.2) is 0 Å². The Morgan fingerprint density at radius 3 is 2.88 bits per heavy atom. The molecule has 0 atom stereocenters. The minimum absolute atomic E-state index is 0.773. The van der Waals surface area contributed by atoms with E-state index in [0.29, 0.717) is 0 Å². The van der Waals surface area contributed by atoms with Crippen LogP contribution in [0, 0.1) is 6.20 Å². The van der Waals surface area contributed by atoms with Crippen LogP contribution in [0.2, 0.25) is 0 Å². The average Bonchev–Trinajstić information content (AvgIpc) is 2.83. The zero-order chi connectivity index (χ0) is 11.2. The number of para-hydroxylation sites is 2. The summed E-state index contributed by atoms with van der Waals surface area (Å²) in [7, 11) is 0. The van der Waals surface area contributed by atoms with E-state index < -0.39 is 0 Å². The van der Waals surface area contributed by atoms with Crippen molar-refractivity contribution in [3.05, 3.63) is 48.8 Å². The quantitative estimate of drug-likeness (QED) is 0.695. The van der Waals surface area contributed by atoms with Gasteiger partial charge in [0.25, 0.3) is 0 Å². The summed E-state index contributed by atoms with van der Waals surface area (Å²) in [5, 5.41) is 0. The third-order valence-electron chi connectivity index (χ3n) is 2.43. The van der Waals surface area contributed by atoms with Gasteiger partial charge in [-0.2, -0.15) is 0 Å². The number of rotatable bonds is 5. The first kappa shape index (κ1) is 10.8. The molecule has 1 heterocycles. The van der Waals surface area contributed by atoms with Gasteiger partial charge >= 0.3 is 0 Å². The van der Waals surface area contributed by atoms with Gasteiger partial charge in [0.1, 0.15) is 5.75 Å². The summed E-state index contributed by atoms with van der Waals surface area (Å²) in [4.78, 5) is 0. The smallest absolute Gasteiger partial charge is 0.143 e. The number of unbranched alkanes of at least 4 members (excludes halogenated alkanes) is 1. The van der Waals surface area contributed by atoms with E-state index in [9.17, 15) is 0 Å². The first-order valence-corrected chi connectivity index (χ1v) is 5.69. The molecule has 83 valence electrons. The van der Waals surface area contributed by atoms with E-state index in [1.54, 1.807) is 0 Å². The van der Waals surface area contributed by atoms with Crippen LogP contribution in [0.4, 0.5) is 0 Å². The molecule has 0 bridgehead atoms. The highest BCUT2D eigenvalue weighted by atomic mass is 16.5. The molecule has 0 saturated carbocycles. The van der Waals surface area contributed by atoms with Crippen LogP contribution in [0.5, 0.6) is 5.75 Å². The molecule has 2 aromatic rings. The molecule has 0 fully saturated rings. The van der Waals surface area contributed by atoms with Crippen molar-refractivity contribution in [2.45, 2.75) is 19.8 Å². The molecule has 0 amide bonds. The molecule has 0 aliphatic carbocycles. The third kappa shape index (κ3) is 2.45. The molecule has 2 heteroatoms. The summed E-state index contributed by atoms with van der Waals surface area (Å²) in [6, 6.07) is 11.9. The second kappa shape index (κ2) is 5.40. The lowest BCUT2D eigenvalue weighted by Crippen LogP contribution is -2.01. The molecule has 0 aliphatic heterocycles. The number of ether oxygens (including phenoxy) is 1. The summed E-state index contributed by atoms with van der Waals surface area (Å²) < 4.78 is 7.71. The van der Waals surface area contributed by atoms with E-state index in [1.807, 2.05) is 47.2 Å². The number of hydrogen-bond donors (Lipinski definition) is 0. The van der Waals surface area contributed by atoms with E-state index in [2.05, 4.69) is 13.1 Å². The maximum atomic E-state index is 5.76. The second-order valence-corrected chi connectivity index (χ2v) is 3.68. The molecule has 0 N–H and O–H groups in total. The van der Waals surface area contributed by atoms with Gasteiger partial charge in [0, 0.05) is 6.20 Å². The van der Waals surface area contributed by atoms with Crippen molar-refractivity contribution >= 4 is 0 Å². The Morgan fingerprint density at radius 2 is 2.12 bits per heavy atom. The Hall–Kier alpha value is -1.70. The van der Waals surface area contributed by atoms with E-state index >= 15 is 0 Å². The minimum Gasteiger partial charge on any atom is -0.491 e. The fourth-order valence-electron chi connectivity index (χ4n) is 1.55. The van der Waals surface area contributed by atoms with Crippen LogP contribution in [0.3, 0.4) is 0 Å². The molecule has 0 unspecified atom stereocenters. The van der Waals surface area contributed by atoms with Gasteiger partial charge in [0.2, 0.25) is 0 Å². The highest BCUT2D eigenvalue weighted by molar-refractivity contribution is 5.46. The number of hydrogen-bond acceptors (Lipinski definition) is 1. The molecule has 1 aromatic carbocycles. The van der Waals surface area contributed by atoms with Gasteiger partial charge in [-0.15, -0.1) is 0 Å². The zero-order valence-electron chi connectivity index (χ0n) is 9.52. The van der Waals surface area contributed by atoms with Crippen LogP contribution >= 0.6 is 0 Å². The van der Waals surface area contributed by atoms with Crippen LogP contribution in [0.15, 0.2) is 42.6 Å². The maximum absolute atomic E-state index is 5.76. The van der Waals surface area contributed by atoms with Gasteiger partial charge in [-0.3, -0.25) is 0 Å².